The second kappa shape index (κ2) is 10.4. The monoisotopic (exact) mass is 493 g/mol. The molecule has 0 aliphatic carbocycles. The summed E-state index contributed by atoms with van der Waals surface area (Å²) in [4.78, 5) is 43.2. The van der Waals surface area contributed by atoms with Gasteiger partial charge in [0.15, 0.2) is 0 Å². The molecular weight excluding hydrogens is 466 g/mol. The summed E-state index contributed by atoms with van der Waals surface area (Å²) in [5, 5.41) is 3.27. The Morgan fingerprint density at radius 1 is 0.946 bits per heavy atom. The fraction of sp³-hybridized carbons (Fsp3) is 0.179. The Kier molecular flexibility index (Phi) is 6.76. The first-order valence-electron chi connectivity index (χ1n) is 11.9. The SMILES string of the molecule is CN(C)C(=O)c1ccc(-c2ccc(Nc3cncc(N4CCN(Cc5cccnc5)C4=O)c3)nc2)cc1. The van der Waals surface area contributed by atoms with Gasteiger partial charge in [-0.1, -0.05) is 18.2 Å². The molecule has 1 fully saturated rings. The molecule has 37 heavy (non-hydrogen) atoms. The van der Waals surface area contributed by atoms with Crippen LogP contribution in [0.25, 0.3) is 11.1 Å². The van der Waals surface area contributed by atoms with Gasteiger partial charge in [-0.3, -0.25) is 19.7 Å². The van der Waals surface area contributed by atoms with Crippen molar-refractivity contribution in [3.63, 3.8) is 0 Å². The Morgan fingerprint density at radius 2 is 1.76 bits per heavy atom. The van der Waals surface area contributed by atoms with Crippen LogP contribution in [-0.2, 0) is 6.54 Å². The van der Waals surface area contributed by atoms with Gasteiger partial charge in [-0.05, 0) is 47.5 Å². The number of anilines is 3. The third kappa shape index (κ3) is 5.40. The summed E-state index contributed by atoms with van der Waals surface area (Å²) in [6, 6.07) is 17.0. The maximum atomic E-state index is 13.0. The molecule has 0 bridgehead atoms. The molecule has 1 aliphatic rings. The summed E-state index contributed by atoms with van der Waals surface area (Å²) in [7, 11) is 3.47. The minimum atomic E-state index is -0.0522. The number of benzene rings is 1. The Bertz CT molecular complexity index is 1390. The largest absolute Gasteiger partial charge is 0.345 e. The lowest BCUT2D eigenvalue weighted by Gasteiger charge is -2.19. The summed E-state index contributed by atoms with van der Waals surface area (Å²) >= 11 is 0. The van der Waals surface area contributed by atoms with E-state index in [9.17, 15) is 9.59 Å². The number of nitrogens with zero attached hydrogens (tertiary/aromatic N) is 6. The number of rotatable bonds is 7. The number of hydrogen-bond donors (Lipinski definition) is 1. The zero-order valence-electron chi connectivity index (χ0n) is 20.7. The lowest BCUT2D eigenvalue weighted by Crippen LogP contribution is -2.31. The highest BCUT2D eigenvalue weighted by Crippen LogP contribution is 2.26. The van der Waals surface area contributed by atoms with Crippen molar-refractivity contribution in [3.8, 4) is 11.1 Å². The molecule has 0 spiro atoms. The normalized spacial score (nSPS) is 13.1. The van der Waals surface area contributed by atoms with Crippen molar-refractivity contribution in [2.24, 2.45) is 0 Å². The minimum Gasteiger partial charge on any atom is -0.345 e. The molecule has 0 unspecified atom stereocenters. The molecule has 1 aromatic carbocycles. The van der Waals surface area contributed by atoms with Gasteiger partial charge >= 0.3 is 6.03 Å². The van der Waals surface area contributed by atoms with Crippen LogP contribution in [0.15, 0.2) is 85.6 Å². The fourth-order valence-electron chi connectivity index (χ4n) is 4.17. The Labute approximate surface area is 215 Å². The fourth-order valence-corrected chi connectivity index (χ4v) is 4.17. The van der Waals surface area contributed by atoms with Crippen molar-refractivity contribution in [1.82, 2.24) is 24.8 Å². The van der Waals surface area contributed by atoms with Crippen LogP contribution in [0.1, 0.15) is 15.9 Å². The number of carbonyl (C=O) groups is 2. The van der Waals surface area contributed by atoms with E-state index in [4.69, 9.17) is 0 Å². The van der Waals surface area contributed by atoms with E-state index in [1.165, 1.54) is 0 Å². The van der Waals surface area contributed by atoms with Gasteiger partial charge in [-0.25, -0.2) is 9.78 Å². The second-order valence-corrected chi connectivity index (χ2v) is 8.98. The average Bonchev–Trinajstić information content (AvgIpc) is 3.29. The van der Waals surface area contributed by atoms with E-state index in [1.54, 1.807) is 59.8 Å². The Balaban J connectivity index is 1.24. The first-order chi connectivity index (χ1) is 18.0. The zero-order chi connectivity index (χ0) is 25.8. The molecule has 1 saturated heterocycles. The van der Waals surface area contributed by atoms with E-state index < -0.39 is 0 Å². The average molecular weight is 494 g/mol. The maximum Gasteiger partial charge on any atom is 0.324 e. The zero-order valence-corrected chi connectivity index (χ0v) is 20.7. The van der Waals surface area contributed by atoms with E-state index in [2.05, 4.69) is 20.3 Å². The minimum absolute atomic E-state index is 0.0307. The van der Waals surface area contributed by atoms with Crippen molar-refractivity contribution < 1.29 is 9.59 Å². The van der Waals surface area contributed by atoms with Crippen LogP contribution >= 0.6 is 0 Å². The lowest BCUT2D eigenvalue weighted by atomic mass is 10.1. The van der Waals surface area contributed by atoms with E-state index >= 15 is 0 Å². The van der Waals surface area contributed by atoms with Crippen LogP contribution in [0.3, 0.4) is 0 Å². The summed E-state index contributed by atoms with van der Waals surface area (Å²) in [5.41, 5.74) is 5.03. The molecule has 9 nitrogen and oxygen atoms in total. The Morgan fingerprint density at radius 3 is 2.46 bits per heavy atom. The summed E-state index contributed by atoms with van der Waals surface area (Å²) < 4.78 is 0. The molecule has 4 aromatic rings. The van der Waals surface area contributed by atoms with Crippen molar-refractivity contribution in [3.05, 3.63) is 96.7 Å². The van der Waals surface area contributed by atoms with Gasteiger partial charge in [0, 0.05) is 63.4 Å². The molecule has 4 heterocycles. The van der Waals surface area contributed by atoms with Gasteiger partial charge < -0.3 is 15.1 Å². The summed E-state index contributed by atoms with van der Waals surface area (Å²) in [6.07, 6.45) is 8.68. The first kappa shape index (κ1) is 23.9. The summed E-state index contributed by atoms with van der Waals surface area (Å²) in [5.74, 6) is 0.630. The third-order valence-electron chi connectivity index (χ3n) is 6.13. The van der Waals surface area contributed by atoms with Crippen molar-refractivity contribution >= 4 is 29.1 Å². The van der Waals surface area contributed by atoms with Crippen LogP contribution in [-0.4, -0.2) is 63.9 Å². The van der Waals surface area contributed by atoms with Crippen LogP contribution < -0.4 is 10.2 Å². The molecule has 186 valence electrons. The number of hydrogen-bond acceptors (Lipinski definition) is 6. The summed E-state index contributed by atoms with van der Waals surface area (Å²) in [6.45, 7) is 1.76. The predicted octanol–water partition coefficient (Wildman–Crippen LogP) is 4.43. The standard InChI is InChI=1S/C28H27N7O2/c1-33(2)27(36)22-7-5-21(6-8-22)23-9-10-26(31-16-23)32-24-14-25(18-30-17-24)35-13-12-34(28(35)37)19-20-4-3-11-29-15-20/h3-11,14-18H,12-13,19H2,1-2H3,(H,31,32). The van der Waals surface area contributed by atoms with E-state index in [0.717, 1.165) is 28.1 Å². The van der Waals surface area contributed by atoms with Gasteiger partial charge in [0.1, 0.15) is 5.82 Å². The molecule has 3 amide bonds. The number of carbonyl (C=O) groups excluding carboxylic acids is 2. The number of aromatic nitrogens is 3. The molecule has 1 N–H and O–H groups in total. The number of nitrogens with one attached hydrogen (secondary N) is 1. The van der Waals surface area contributed by atoms with E-state index in [0.29, 0.717) is 31.0 Å². The molecule has 5 rings (SSSR count). The van der Waals surface area contributed by atoms with E-state index in [1.807, 2.05) is 54.6 Å². The van der Waals surface area contributed by atoms with Crippen molar-refractivity contribution in [2.45, 2.75) is 6.54 Å². The van der Waals surface area contributed by atoms with Crippen LogP contribution in [0.2, 0.25) is 0 Å². The molecule has 1 aliphatic heterocycles. The van der Waals surface area contributed by atoms with Gasteiger partial charge in [0.05, 0.1) is 23.8 Å². The number of pyridine rings is 3. The van der Waals surface area contributed by atoms with Crippen molar-refractivity contribution in [2.75, 3.05) is 37.4 Å². The topological polar surface area (TPSA) is 94.6 Å². The van der Waals surface area contributed by atoms with Crippen LogP contribution in [0.5, 0.6) is 0 Å². The highest BCUT2D eigenvalue weighted by molar-refractivity contribution is 5.95. The number of amides is 3. The van der Waals surface area contributed by atoms with Crippen molar-refractivity contribution in [1.29, 1.82) is 0 Å². The highest BCUT2D eigenvalue weighted by atomic mass is 16.2. The van der Waals surface area contributed by atoms with E-state index in [-0.39, 0.29) is 11.9 Å². The second-order valence-electron chi connectivity index (χ2n) is 8.98. The number of urea groups is 1. The van der Waals surface area contributed by atoms with Gasteiger partial charge in [-0.15, -0.1) is 0 Å². The van der Waals surface area contributed by atoms with Gasteiger partial charge in [0.25, 0.3) is 5.91 Å². The van der Waals surface area contributed by atoms with Gasteiger partial charge in [-0.2, -0.15) is 0 Å². The van der Waals surface area contributed by atoms with Crippen LogP contribution in [0, 0.1) is 0 Å². The Hall–Kier alpha value is -4.79. The smallest absolute Gasteiger partial charge is 0.324 e. The molecule has 0 saturated carbocycles. The van der Waals surface area contributed by atoms with Gasteiger partial charge in [0.2, 0.25) is 0 Å². The maximum absolute atomic E-state index is 13.0. The quantitative estimate of drug-likeness (QED) is 0.409. The predicted molar refractivity (Wildman–Crippen MR) is 143 cm³/mol. The molecule has 9 heteroatoms. The lowest BCUT2D eigenvalue weighted by molar-refractivity contribution is 0.0827. The molecular formula is C28H27N7O2. The van der Waals surface area contributed by atoms with Crippen LogP contribution in [0.4, 0.5) is 22.0 Å². The third-order valence-corrected chi connectivity index (χ3v) is 6.13. The highest BCUT2D eigenvalue weighted by Gasteiger charge is 2.29. The molecule has 3 aromatic heterocycles. The molecule has 0 radical (unpaired) electrons. The first-order valence-corrected chi connectivity index (χ1v) is 11.9. The molecule has 0 atom stereocenters.